The highest BCUT2D eigenvalue weighted by molar-refractivity contribution is 6.02. The van der Waals surface area contributed by atoms with Crippen molar-refractivity contribution in [3.8, 4) is 0 Å². The second-order valence-corrected chi connectivity index (χ2v) is 8.59. The zero-order chi connectivity index (χ0) is 21.0. The summed E-state index contributed by atoms with van der Waals surface area (Å²) in [7, 11) is 0. The summed E-state index contributed by atoms with van der Waals surface area (Å²) < 4.78 is 0. The number of aromatic nitrogens is 2. The van der Waals surface area contributed by atoms with E-state index in [2.05, 4.69) is 34.4 Å². The number of hydrogen-bond donors (Lipinski definition) is 6. The molecule has 1 aromatic heterocycles. The molecule has 0 saturated heterocycles. The summed E-state index contributed by atoms with van der Waals surface area (Å²) in [6.07, 6.45) is 7.17. The van der Waals surface area contributed by atoms with Crippen LogP contribution in [0.2, 0.25) is 0 Å². The van der Waals surface area contributed by atoms with E-state index in [4.69, 9.17) is 16.2 Å². The molecule has 2 aliphatic rings. The fourth-order valence-electron chi connectivity index (χ4n) is 4.08. The van der Waals surface area contributed by atoms with Crippen LogP contribution in [0.15, 0.2) is 0 Å². The molecule has 1 amide bonds. The number of nitrogens with one attached hydrogen (secondary N) is 4. The van der Waals surface area contributed by atoms with E-state index in [-0.39, 0.29) is 17.7 Å². The molecule has 0 spiro atoms. The van der Waals surface area contributed by atoms with E-state index in [1.807, 2.05) is 5.32 Å². The number of hydrogen-bond acceptors (Lipinski definition) is 7. The summed E-state index contributed by atoms with van der Waals surface area (Å²) >= 11 is 0. The minimum atomic E-state index is -1.33. The summed E-state index contributed by atoms with van der Waals surface area (Å²) in [6, 6.07) is 0.212. The predicted octanol–water partition coefficient (Wildman–Crippen LogP) is 3.49. The Morgan fingerprint density at radius 3 is 2.52 bits per heavy atom. The van der Waals surface area contributed by atoms with E-state index in [1.165, 1.54) is 44.9 Å². The van der Waals surface area contributed by atoms with Crippen LogP contribution in [0, 0.1) is 23.2 Å². The summed E-state index contributed by atoms with van der Waals surface area (Å²) in [5.74, 6) is 2.30. The Kier molecular flexibility index (Phi) is 6.76. The molecule has 1 aromatic rings. The van der Waals surface area contributed by atoms with E-state index >= 15 is 0 Å². The van der Waals surface area contributed by atoms with Crippen molar-refractivity contribution in [3.63, 3.8) is 0 Å². The number of nitrogens with two attached hydrogens (primary N) is 1. The Morgan fingerprint density at radius 1 is 1.24 bits per heavy atom. The summed E-state index contributed by atoms with van der Waals surface area (Å²) in [6.45, 7) is 5.23. The highest BCUT2D eigenvalue weighted by Crippen LogP contribution is 2.34. The molecule has 1 atom stereocenters. The average molecular weight is 404 g/mol. The lowest BCUT2D eigenvalue weighted by atomic mass is 9.80. The number of carbonyl (C=O) groups is 1. The minimum Gasteiger partial charge on any atom is -0.465 e. The van der Waals surface area contributed by atoms with Gasteiger partial charge >= 0.3 is 6.09 Å². The Balaban J connectivity index is 1.78. The van der Waals surface area contributed by atoms with Gasteiger partial charge < -0.3 is 21.5 Å². The van der Waals surface area contributed by atoms with Crippen LogP contribution < -0.4 is 21.7 Å². The number of amidine groups is 1. The van der Waals surface area contributed by atoms with Gasteiger partial charge in [0.05, 0.1) is 0 Å². The first-order valence-electron chi connectivity index (χ1n) is 10.6. The van der Waals surface area contributed by atoms with Gasteiger partial charge in [-0.2, -0.15) is 0 Å². The third kappa shape index (κ3) is 5.48. The molecule has 9 nitrogen and oxygen atoms in total. The lowest BCUT2D eigenvalue weighted by molar-refractivity contribution is 0.200. The van der Waals surface area contributed by atoms with E-state index < -0.39 is 11.9 Å². The van der Waals surface area contributed by atoms with Crippen LogP contribution in [-0.4, -0.2) is 39.6 Å². The van der Waals surface area contributed by atoms with Crippen LogP contribution in [0.1, 0.15) is 64.6 Å². The molecule has 1 heterocycles. The molecule has 2 saturated carbocycles. The lowest BCUT2D eigenvalue weighted by Gasteiger charge is -2.33. The second kappa shape index (κ2) is 9.28. The molecule has 7 N–H and O–H groups in total. The van der Waals surface area contributed by atoms with Crippen LogP contribution in [0.3, 0.4) is 0 Å². The van der Waals surface area contributed by atoms with Gasteiger partial charge in [-0.15, -0.1) is 0 Å². The fourth-order valence-corrected chi connectivity index (χ4v) is 4.08. The zero-order valence-corrected chi connectivity index (χ0v) is 17.3. The molecule has 2 fully saturated rings. The number of nitrogens with zero attached hydrogens (tertiary/aromatic N) is 2. The molecule has 3 rings (SSSR count). The van der Waals surface area contributed by atoms with Gasteiger partial charge in [0.2, 0.25) is 0 Å². The predicted molar refractivity (Wildman–Crippen MR) is 114 cm³/mol. The highest BCUT2D eigenvalue weighted by Gasteiger charge is 2.26. The first kappa shape index (κ1) is 21.1. The van der Waals surface area contributed by atoms with Crippen molar-refractivity contribution >= 4 is 29.3 Å². The van der Waals surface area contributed by atoms with Crippen molar-refractivity contribution < 1.29 is 9.90 Å². The Labute approximate surface area is 171 Å². The van der Waals surface area contributed by atoms with Crippen LogP contribution in [-0.2, 0) is 0 Å². The molecule has 29 heavy (non-hydrogen) atoms. The van der Waals surface area contributed by atoms with Crippen molar-refractivity contribution in [3.05, 3.63) is 5.82 Å². The smallest absolute Gasteiger partial charge is 0.410 e. The van der Waals surface area contributed by atoms with Gasteiger partial charge in [0.1, 0.15) is 5.69 Å². The van der Waals surface area contributed by atoms with Gasteiger partial charge in [0.25, 0.3) is 0 Å². The second-order valence-electron chi connectivity index (χ2n) is 8.59. The Morgan fingerprint density at radius 2 is 1.93 bits per heavy atom. The van der Waals surface area contributed by atoms with Crippen LogP contribution in [0.5, 0.6) is 0 Å². The normalized spacial score (nSPS) is 23.0. The van der Waals surface area contributed by atoms with Crippen molar-refractivity contribution in [2.45, 2.75) is 64.8 Å². The number of amides is 1. The SMILES string of the molecule is CC(Nc1nc(C(=N)NC(=O)O)nc(N)c1NC[C@H]1CC[C@H](C)CC1)C1CCC1. The van der Waals surface area contributed by atoms with Gasteiger partial charge in [0.15, 0.2) is 23.3 Å². The average Bonchev–Trinajstić information content (AvgIpc) is 2.60. The molecular formula is C20H33N7O2. The molecule has 0 aromatic carbocycles. The molecule has 2 aliphatic carbocycles. The van der Waals surface area contributed by atoms with E-state index in [0.29, 0.717) is 23.3 Å². The van der Waals surface area contributed by atoms with Gasteiger partial charge in [-0.25, -0.2) is 14.8 Å². The highest BCUT2D eigenvalue weighted by atomic mass is 16.4. The Hall–Kier alpha value is -2.58. The van der Waals surface area contributed by atoms with Gasteiger partial charge in [-0.05, 0) is 50.4 Å². The minimum absolute atomic E-state index is 0.0368. The molecule has 9 heteroatoms. The van der Waals surface area contributed by atoms with Crippen LogP contribution in [0.25, 0.3) is 0 Å². The van der Waals surface area contributed by atoms with Gasteiger partial charge in [0, 0.05) is 12.6 Å². The number of nitrogen functional groups attached to an aromatic ring is 1. The van der Waals surface area contributed by atoms with E-state index in [9.17, 15) is 4.79 Å². The number of carboxylic acid groups (broad SMARTS) is 1. The van der Waals surface area contributed by atoms with E-state index in [0.717, 1.165) is 12.5 Å². The summed E-state index contributed by atoms with van der Waals surface area (Å²) in [4.78, 5) is 19.5. The zero-order valence-electron chi connectivity index (χ0n) is 17.3. The maximum Gasteiger partial charge on any atom is 0.410 e. The maximum atomic E-state index is 10.9. The first-order chi connectivity index (χ1) is 13.8. The van der Waals surface area contributed by atoms with Crippen LogP contribution >= 0.6 is 0 Å². The molecule has 0 radical (unpaired) electrons. The largest absolute Gasteiger partial charge is 0.465 e. The topological polar surface area (TPSA) is 149 Å². The third-order valence-corrected chi connectivity index (χ3v) is 6.32. The lowest BCUT2D eigenvalue weighted by Crippen LogP contribution is -2.33. The summed E-state index contributed by atoms with van der Waals surface area (Å²) in [5.41, 5.74) is 6.84. The van der Waals surface area contributed by atoms with Crippen molar-refractivity contribution in [1.29, 1.82) is 5.41 Å². The number of rotatable bonds is 7. The van der Waals surface area contributed by atoms with Crippen LogP contribution in [0.4, 0.5) is 22.1 Å². The van der Waals surface area contributed by atoms with Gasteiger partial charge in [-0.3, -0.25) is 10.7 Å². The monoisotopic (exact) mass is 403 g/mol. The molecule has 0 aliphatic heterocycles. The molecule has 0 bridgehead atoms. The van der Waals surface area contributed by atoms with E-state index in [1.54, 1.807) is 0 Å². The molecular weight excluding hydrogens is 370 g/mol. The third-order valence-electron chi connectivity index (χ3n) is 6.32. The molecule has 160 valence electrons. The standard InChI is InChI=1S/C20H33N7O2/c1-11-6-8-13(9-7-11)10-23-15-16(21)25-19(17(22)26-20(28)29)27-18(15)24-12(2)14-4-3-5-14/h11-14,23H,3-10H2,1-2H3,(H2,22,26)(H,28,29)(H3,21,24,25,27)/t11-,12?,13-. The fraction of sp³-hybridized carbons (Fsp3) is 0.700. The Bertz CT molecular complexity index is 743. The quantitative estimate of drug-likeness (QED) is 0.301. The summed E-state index contributed by atoms with van der Waals surface area (Å²) in [5, 5.41) is 25.6. The maximum absolute atomic E-state index is 10.9. The molecule has 1 unspecified atom stereocenters. The number of anilines is 3. The van der Waals surface area contributed by atoms with Crippen molar-refractivity contribution in [2.75, 3.05) is 22.9 Å². The van der Waals surface area contributed by atoms with Gasteiger partial charge in [-0.1, -0.05) is 26.2 Å². The first-order valence-corrected chi connectivity index (χ1v) is 10.6. The van der Waals surface area contributed by atoms with Crippen molar-refractivity contribution in [2.24, 2.45) is 17.8 Å². The van der Waals surface area contributed by atoms with Crippen molar-refractivity contribution in [1.82, 2.24) is 15.3 Å².